The summed E-state index contributed by atoms with van der Waals surface area (Å²) in [5.41, 5.74) is 1.63. The van der Waals surface area contributed by atoms with Crippen molar-refractivity contribution >= 4 is 36.2 Å². The zero-order chi connectivity index (χ0) is 20.6. The Kier molecular flexibility index (Phi) is 6.78. The van der Waals surface area contributed by atoms with Crippen molar-refractivity contribution < 1.29 is 4.79 Å². The third kappa shape index (κ3) is 5.54. The van der Waals surface area contributed by atoms with Crippen LogP contribution in [0.1, 0.15) is 44.1 Å². The number of hydrogen-bond acceptors (Lipinski definition) is 6. The number of piperidine rings is 1. The number of likely N-dealkylation sites (tertiary alicyclic amines) is 1. The van der Waals surface area contributed by atoms with Gasteiger partial charge in [0.15, 0.2) is 0 Å². The molecule has 8 heteroatoms. The van der Waals surface area contributed by atoms with Crippen LogP contribution in [-0.2, 0) is 4.79 Å². The maximum atomic E-state index is 11.8. The number of aromatic nitrogens is 3. The highest BCUT2D eigenvalue weighted by Crippen LogP contribution is 2.27. The van der Waals surface area contributed by atoms with E-state index in [4.69, 9.17) is 9.97 Å². The molecule has 1 saturated heterocycles. The van der Waals surface area contributed by atoms with Gasteiger partial charge < -0.3 is 10.2 Å². The molecule has 0 spiro atoms. The molecule has 0 radical (unpaired) electrons. The summed E-state index contributed by atoms with van der Waals surface area (Å²) in [4.78, 5) is 35.2. The summed E-state index contributed by atoms with van der Waals surface area (Å²) in [6.45, 7) is 8.33. The van der Waals surface area contributed by atoms with Crippen LogP contribution >= 0.6 is 0 Å². The summed E-state index contributed by atoms with van der Waals surface area (Å²) in [5, 5.41) is 3.24. The second kappa shape index (κ2) is 9.68. The predicted octanol–water partition coefficient (Wildman–Crippen LogP) is 3.43. The molecule has 1 N–H and O–H groups in total. The minimum Gasteiger partial charge on any atom is -0.342 e. The molecule has 8 nitrogen and oxygen atoms in total. The van der Waals surface area contributed by atoms with Crippen LogP contribution in [-0.4, -0.2) is 51.9 Å². The second-order valence-corrected chi connectivity index (χ2v) is 6.90. The molecule has 0 bridgehead atoms. The molecular formula is C21H25N7O. The molecule has 1 unspecified atom stereocenters. The first-order valence-corrected chi connectivity index (χ1v) is 9.54. The smallest absolute Gasteiger partial charge is 0.219 e. The van der Waals surface area contributed by atoms with Crippen LogP contribution in [0.25, 0.3) is 5.57 Å². The maximum Gasteiger partial charge on any atom is 0.219 e. The lowest BCUT2D eigenvalue weighted by Gasteiger charge is -2.31. The van der Waals surface area contributed by atoms with Gasteiger partial charge >= 0.3 is 0 Å². The lowest BCUT2D eigenvalue weighted by molar-refractivity contribution is -0.130. The van der Waals surface area contributed by atoms with E-state index in [1.807, 2.05) is 36.1 Å². The molecule has 2 aromatic rings. The Morgan fingerprint density at radius 2 is 2.17 bits per heavy atom. The minimum absolute atomic E-state index is 0.0834. The van der Waals surface area contributed by atoms with E-state index < -0.39 is 0 Å². The van der Waals surface area contributed by atoms with E-state index in [1.54, 1.807) is 19.3 Å². The predicted molar refractivity (Wildman–Crippen MR) is 115 cm³/mol. The van der Waals surface area contributed by atoms with E-state index in [2.05, 4.69) is 27.0 Å². The van der Waals surface area contributed by atoms with E-state index >= 15 is 0 Å². The molecule has 2 aromatic heterocycles. The Hall–Kier alpha value is -3.42. The molecule has 0 aliphatic carbocycles. The third-order valence-corrected chi connectivity index (χ3v) is 4.72. The largest absolute Gasteiger partial charge is 0.342 e. The molecule has 3 rings (SSSR count). The topological polar surface area (TPSA) is 95.7 Å². The Morgan fingerprint density at radius 3 is 2.90 bits per heavy atom. The van der Waals surface area contributed by atoms with Crippen LogP contribution in [0.3, 0.4) is 0 Å². The van der Waals surface area contributed by atoms with E-state index in [0.29, 0.717) is 24.0 Å². The van der Waals surface area contributed by atoms with Crippen molar-refractivity contribution in [3.63, 3.8) is 0 Å². The SMILES string of the molecule is C=N/C=N\C=C(/C)c1cc(Nc2ccccn2)nc(C2CCCN(C(C)=O)C2)n1. The van der Waals surface area contributed by atoms with E-state index in [9.17, 15) is 4.79 Å². The van der Waals surface area contributed by atoms with Crippen LogP contribution in [0.15, 0.2) is 46.6 Å². The zero-order valence-electron chi connectivity index (χ0n) is 16.7. The summed E-state index contributed by atoms with van der Waals surface area (Å²) in [5.74, 6) is 2.24. The highest BCUT2D eigenvalue weighted by Gasteiger charge is 2.25. The molecular weight excluding hydrogens is 366 g/mol. The monoisotopic (exact) mass is 391 g/mol. The summed E-state index contributed by atoms with van der Waals surface area (Å²) >= 11 is 0. The normalized spacial score (nSPS) is 17.4. The standard InChI is InChI=1S/C21H25N7O/c1-15(12-23-14-22-3)18-11-20(26-19-8-4-5-9-24-19)27-21(25-18)17-7-6-10-28(13-17)16(2)29/h4-5,8-9,11-12,14,17H,3,6-7,10,13H2,1-2H3,(H,24,25,26,27)/b15-12+,23-14-. The highest BCUT2D eigenvalue weighted by atomic mass is 16.2. The fourth-order valence-electron chi connectivity index (χ4n) is 3.21. The van der Waals surface area contributed by atoms with Gasteiger partial charge in [-0.25, -0.2) is 19.9 Å². The van der Waals surface area contributed by atoms with Gasteiger partial charge in [0.25, 0.3) is 0 Å². The minimum atomic E-state index is 0.0834. The molecule has 1 atom stereocenters. The highest BCUT2D eigenvalue weighted by molar-refractivity contribution is 5.73. The molecule has 1 amide bonds. The quantitative estimate of drug-likeness (QED) is 0.601. The first-order valence-electron chi connectivity index (χ1n) is 9.54. The number of pyridine rings is 1. The first-order chi connectivity index (χ1) is 14.1. The van der Waals surface area contributed by atoms with Gasteiger partial charge in [0.05, 0.1) is 5.69 Å². The van der Waals surface area contributed by atoms with Gasteiger partial charge in [0.1, 0.15) is 23.8 Å². The molecule has 150 valence electrons. The average molecular weight is 391 g/mol. The van der Waals surface area contributed by atoms with Crippen molar-refractivity contribution in [2.75, 3.05) is 18.4 Å². The fourth-order valence-corrected chi connectivity index (χ4v) is 3.21. The molecule has 29 heavy (non-hydrogen) atoms. The average Bonchev–Trinajstić information content (AvgIpc) is 2.74. The number of nitrogens with one attached hydrogen (secondary N) is 1. The molecule has 0 aromatic carbocycles. The van der Waals surface area contributed by atoms with Crippen molar-refractivity contribution in [3.05, 3.63) is 48.2 Å². The Labute approximate surface area is 170 Å². The van der Waals surface area contributed by atoms with Crippen LogP contribution < -0.4 is 5.32 Å². The molecule has 1 fully saturated rings. The molecule has 0 saturated carbocycles. The number of nitrogens with zero attached hydrogens (tertiary/aromatic N) is 6. The fraction of sp³-hybridized carbons (Fsp3) is 0.333. The summed E-state index contributed by atoms with van der Waals surface area (Å²) < 4.78 is 0. The Bertz CT molecular complexity index is 924. The van der Waals surface area contributed by atoms with Gasteiger partial charge in [-0.1, -0.05) is 6.07 Å². The van der Waals surface area contributed by atoms with Crippen molar-refractivity contribution in [1.29, 1.82) is 0 Å². The lowest BCUT2D eigenvalue weighted by Crippen LogP contribution is -2.38. The van der Waals surface area contributed by atoms with Crippen molar-refractivity contribution in [2.45, 2.75) is 32.6 Å². The Morgan fingerprint density at radius 1 is 1.31 bits per heavy atom. The first kappa shape index (κ1) is 20.3. The van der Waals surface area contributed by atoms with Crippen molar-refractivity contribution in [2.24, 2.45) is 9.98 Å². The Balaban J connectivity index is 1.95. The van der Waals surface area contributed by atoms with Gasteiger partial charge in [0.2, 0.25) is 5.91 Å². The summed E-state index contributed by atoms with van der Waals surface area (Å²) in [7, 11) is 0. The van der Waals surface area contributed by atoms with Crippen molar-refractivity contribution in [1.82, 2.24) is 19.9 Å². The lowest BCUT2D eigenvalue weighted by atomic mass is 9.97. The summed E-state index contributed by atoms with van der Waals surface area (Å²) in [6.07, 6.45) is 6.67. The van der Waals surface area contributed by atoms with Gasteiger partial charge in [-0.3, -0.25) is 9.79 Å². The van der Waals surface area contributed by atoms with E-state index in [-0.39, 0.29) is 11.8 Å². The van der Waals surface area contributed by atoms with Gasteiger partial charge in [-0.15, -0.1) is 0 Å². The number of carbonyl (C=O) groups excluding carboxylic acids is 1. The number of rotatable bonds is 6. The van der Waals surface area contributed by atoms with E-state index in [1.165, 1.54) is 6.34 Å². The summed E-state index contributed by atoms with van der Waals surface area (Å²) in [6, 6.07) is 7.51. The van der Waals surface area contributed by atoms with Gasteiger partial charge in [-0.2, -0.15) is 0 Å². The number of amides is 1. The van der Waals surface area contributed by atoms with Crippen LogP contribution in [0.4, 0.5) is 11.6 Å². The second-order valence-electron chi connectivity index (χ2n) is 6.90. The maximum absolute atomic E-state index is 11.8. The number of carbonyl (C=O) groups is 1. The van der Waals surface area contributed by atoms with E-state index in [0.717, 1.165) is 30.7 Å². The molecule has 1 aliphatic rings. The molecule has 1 aliphatic heterocycles. The van der Waals surface area contributed by atoms with Gasteiger partial charge in [0, 0.05) is 44.4 Å². The third-order valence-electron chi connectivity index (χ3n) is 4.72. The molecule has 3 heterocycles. The van der Waals surface area contributed by atoms with Crippen LogP contribution in [0.2, 0.25) is 0 Å². The van der Waals surface area contributed by atoms with Crippen LogP contribution in [0, 0.1) is 0 Å². The number of aliphatic imine (C=N–C) groups is 2. The number of allylic oxidation sites excluding steroid dienone is 1. The zero-order valence-corrected chi connectivity index (χ0v) is 16.7. The van der Waals surface area contributed by atoms with Gasteiger partial charge in [-0.05, 0) is 44.2 Å². The number of anilines is 2. The number of hydrogen-bond donors (Lipinski definition) is 1. The van der Waals surface area contributed by atoms with Crippen molar-refractivity contribution in [3.8, 4) is 0 Å². The van der Waals surface area contributed by atoms with Crippen LogP contribution in [0.5, 0.6) is 0 Å².